The number of rotatable bonds is 10. The van der Waals surface area contributed by atoms with Crippen LogP contribution in [0.4, 0.5) is 0 Å². The van der Waals surface area contributed by atoms with Crippen LogP contribution in [0.25, 0.3) is 91.9 Å². The number of benzene rings is 7. The van der Waals surface area contributed by atoms with Crippen LogP contribution in [0.5, 0.6) is 0 Å². The lowest BCUT2D eigenvalue weighted by molar-refractivity contribution is 1.27. The van der Waals surface area contributed by atoms with Crippen LogP contribution in [0.2, 0.25) is 0 Å². The van der Waals surface area contributed by atoms with E-state index in [1.165, 1.54) is 26.1 Å². The summed E-state index contributed by atoms with van der Waals surface area (Å²) in [4.78, 5) is 15.5. The molecule has 5 heteroatoms. The van der Waals surface area contributed by atoms with Crippen LogP contribution in [-0.2, 0) is 6.42 Å². The summed E-state index contributed by atoms with van der Waals surface area (Å²) in [5.41, 5.74) is 15.7. The summed E-state index contributed by atoms with van der Waals surface area (Å²) in [5, 5.41) is 2.01. The third kappa shape index (κ3) is 7.58. The highest BCUT2D eigenvalue weighted by atomic mass is 32.1. The number of thiazole rings is 2. The molecule has 0 fully saturated rings. The number of pyridine rings is 1. The molecule has 0 unspecified atom stereocenters. The molecule has 7 aromatic carbocycles. The molecule has 0 radical (unpaired) electrons. The average molecular weight is 792 g/mol. The van der Waals surface area contributed by atoms with Gasteiger partial charge in [-0.1, -0.05) is 176 Å². The zero-order chi connectivity index (χ0) is 39.5. The third-order valence-electron chi connectivity index (χ3n) is 10.6. The van der Waals surface area contributed by atoms with Crippen LogP contribution in [0.3, 0.4) is 0 Å². The summed E-state index contributed by atoms with van der Waals surface area (Å²) in [6.45, 7) is 4.64. The molecule has 59 heavy (non-hydrogen) atoms. The summed E-state index contributed by atoms with van der Waals surface area (Å²) in [6, 6.07) is 66.1. The molecule has 280 valence electrons. The Morgan fingerprint density at radius 1 is 0.441 bits per heavy atom. The van der Waals surface area contributed by atoms with E-state index in [1.807, 2.05) is 12.1 Å². The Morgan fingerprint density at radius 2 is 0.898 bits per heavy atom. The van der Waals surface area contributed by atoms with Crippen LogP contribution in [-0.4, -0.2) is 15.0 Å². The number of allylic oxidation sites excluding steroid dienone is 3. The van der Waals surface area contributed by atoms with Gasteiger partial charge in [0.1, 0.15) is 10.0 Å². The minimum atomic E-state index is 0.812. The zero-order valence-electron chi connectivity index (χ0n) is 32.1. The fraction of sp³-hybridized carbons (Fsp3) is 0.0185. The number of nitrogens with zero attached hydrogens (tertiary/aromatic N) is 3. The molecular formula is C54H37N3S2. The monoisotopic (exact) mass is 791 g/mol. The van der Waals surface area contributed by atoms with E-state index < -0.39 is 0 Å². The van der Waals surface area contributed by atoms with Gasteiger partial charge in [0.15, 0.2) is 0 Å². The lowest BCUT2D eigenvalue weighted by atomic mass is 9.91. The maximum Gasteiger partial charge on any atom is 0.124 e. The lowest BCUT2D eigenvalue weighted by Gasteiger charge is -2.18. The normalized spacial score (nSPS) is 11.5. The van der Waals surface area contributed by atoms with E-state index in [0.29, 0.717) is 0 Å². The van der Waals surface area contributed by atoms with Crippen LogP contribution < -0.4 is 0 Å². The van der Waals surface area contributed by atoms with Crippen LogP contribution in [0.15, 0.2) is 207 Å². The predicted octanol–water partition coefficient (Wildman–Crippen LogP) is 15.1. The van der Waals surface area contributed by atoms with Crippen molar-refractivity contribution < 1.29 is 0 Å². The van der Waals surface area contributed by atoms with Crippen molar-refractivity contribution in [2.75, 3.05) is 0 Å². The summed E-state index contributed by atoms with van der Waals surface area (Å²) < 4.78 is 2.36. The molecule has 10 rings (SSSR count). The Balaban J connectivity index is 1.10. The first-order valence-electron chi connectivity index (χ1n) is 19.7. The Morgan fingerprint density at radius 3 is 1.47 bits per heavy atom. The molecule has 0 bridgehead atoms. The first-order chi connectivity index (χ1) is 29.1. The molecule has 0 aliphatic rings. The van der Waals surface area contributed by atoms with E-state index >= 15 is 0 Å². The third-order valence-corrected chi connectivity index (χ3v) is 12.8. The first-order valence-corrected chi connectivity index (χ1v) is 21.3. The fourth-order valence-electron chi connectivity index (χ4n) is 7.46. The van der Waals surface area contributed by atoms with Gasteiger partial charge >= 0.3 is 0 Å². The van der Waals surface area contributed by atoms with Gasteiger partial charge in [-0.25, -0.2) is 15.0 Å². The second-order valence-electron chi connectivity index (χ2n) is 14.5. The first kappa shape index (κ1) is 36.3. The minimum absolute atomic E-state index is 0.812. The topological polar surface area (TPSA) is 38.7 Å². The van der Waals surface area contributed by atoms with E-state index in [1.54, 1.807) is 22.7 Å². The molecule has 0 aliphatic carbocycles. The highest BCUT2D eigenvalue weighted by Gasteiger charge is 2.19. The molecule has 0 spiro atoms. The molecule has 0 saturated carbocycles. The van der Waals surface area contributed by atoms with Gasteiger partial charge in [-0.15, -0.1) is 22.7 Å². The van der Waals surface area contributed by atoms with Gasteiger partial charge in [-0.3, -0.25) is 0 Å². The van der Waals surface area contributed by atoms with Gasteiger partial charge in [0.2, 0.25) is 0 Å². The van der Waals surface area contributed by atoms with Gasteiger partial charge in [0.25, 0.3) is 0 Å². The van der Waals surface area contributed by atoms with Gasteiger partial charge in [-0.2, -0.15) is 0 Å². The van der Waals surface area contributed by atoms with E-state index in [2.05, 4.69) is 195 Å². The van der Waals surface area contributed by atoms with Crippen molar-refractivity contribution in [2.45, 2.75) is 6.42 Å². The molecular weight excluding hydrogens is 755 g/mol. The molecule has 3 aromatic heterocycles. The number of aromatic nitrogens is 3. The maximum absolute atomic E-state index is 5.61. The van der Waals surface area contributed by atoms with Crippen LogP contribution in [0.1, 0.15) is 11.1 Å². The molecule has 3 heterocycles. The smallest absolute Gasteiger partial charge is 0.124 e. The van der Waals surface area contributed by atoms with Gasteiger partial charge < -0.3 is 0 Å². The SMILES string of the molecule is C=C(/C=C\Cc1ccccc1)c1cc(-c2ccc(-c3ccccc3)cc2)c(-c2ccc(-c3nc4ccccc4s3)cc2)nc1-c1ccc(-c2nc3ccccc3s2)cc1. The molecule has 3 nitrogen and oxygen atoms in total. The Bertz CT molecular complexity index is 3040. The van der Waals surface area contributed by atoms with E-state index in [9.17, 15) is 0 Å². The van der Waals surface area contributed by atoms with Crippen LogP contribution in [0, 0.1) is 0 Å². The molecule has 0 atom stereocenters. The predicted molar refractivity (Wildman–Crippen MR) is 252 cm³/mol. The van der Waals surface area contributed by atoms with E-state index in [0.717, 1.165) is 83.4 Å². The zero-order valence-corrected chi connectivity index (χ0v) is 33.8. The number of hydrogen-bond donors (Lipinski definition) is 0. The van der Waals surface area contributed by atoms with Gasteiger partial charge in [0.05, 0.1) is 31.8 Å². The quantitative estimate of drug-likeness (QED) is 0.130. The largest absolute Gasteiger partial charge is 0.246 e. The Kier molecular flexibility index (Phi) is 9.89. The van der Waals surface area contributed by atoms with Crippen molar-refractivity contribution in [1.29, 1.82) is 0 Å². The van der Waals surface area contributed by atoms with Crippen molar-refractivity contribution in [3.8, 4) is 65.9 Å². The van der Waals surface area contributed by atoms with Gasteiger partial charge in [0, 0.05) is 33.4 Å². The summed E-state index contributed by atoms with van der Waals surface area (Å²) in [6.07, 6.45) is 5.14. The Labute approximate surface area is 352 Å². The highest BCUT2D eigenvalue weighted by Crippen LogP contribution is 2.41. The average Bonchev–Trinajstić information content (AvgIpc) is 3.95. The molecule has 0 N–H and O–H groups in total. The van der Waals surface area contributed by atoms with Crippen molar-refractivity contribution >= 4 is 48.7 Å². The maximum atomic E-state index is 5.61. The van der Waals surface area contributed by atoms with Crippen molar-refractivity contribution in [3.05, 3.63) is 218 Å². The summed E-state index contributed by atoms with van der Waals surface area (Å²) in [7, 11) is 0. The minimum Gasteiger partial charge on any atom is -0.246 e. The molecule has 10 aromatic rings. The van der Waals surface area contributed by atoms with E-state index in [4.69, 9.17) is 15.0 Å². The number of hydrogen-bond acceptors (Lipinski definition) is 5. The second-order valence-corrected chi connectivity index (χ2v) is 16.5. The van der Waals surface area contributed by atoms with Crippen molar-refractivity contribution in [3.63, 3.8) is 0 Å². The second kappa shape index (κ2) is 16.1. The standard InChI is InChI=1S/C54H37N3S2/c1-36(13-12-16-37-14-4-2-5-15-37)45-35-46(40-25-23-39(24-26-40)38-17-6-3-7-18-38)52(42-29-33-44(34-30-42)54-56-48-20-9-11-22-50(48)59-54)57-51(45)41-27-31-43(32-28-41)53-55-47-19-8-10-21-49(47)58-53/h2-15,17-35H,1,16H2/b13-12-. The molecule has 0 amide bonds. The highest BCUT2D eigenvalue weighted by molar-refractivity contribution is 7.22. The number of fused-ring (bicyclic) bond motifs is 2. The lowest BCUT2D eigenvalue weighted by Crippen LogP contribution is -1.99. The summed E-state index contributed by atoms with van der Waals surface area (Å²) >= 11 is 3.43. The van der Waals surface area contributed by atoms with Crippen molar-refractivity contribution in [2.24, 2.45) is 0 Å². The van der Waals surface area contributed by atoms with E-state index in [-0.39, 0.29) is 0 Å². The molecule has 0 saturated heterocycles. The number of para-hydroxylation sites is 2. The summed E-state index contributed by atoms with van der Waals surface area (Å²) in [5.74, 6) is 0. The van der Waals surface area contributed by atoms with Gasteiger partial charge in [-0.05, 0) is 64.6 Å². The van der Waals surface area contributed by atoms with Crippen LogP contribution >= 0.6 is 22.7 Å². The molecule has 0 aliphatic heterocycles. The fourth-order valence-corrected chi connectivity index (χ4v) is 9.41. The Hall–Kier alpha value is -7.05. The van der Waals surface area contributed by atoms with Crippen molar-refractivity contribution in [1.82, 2.24) is 15.0 Å².